The molecule has 11 heteroatoms. The average Bonchev–Trinajstić information content (AvgIpc) is 3.82. The van der Waals surface area contributed by atoms with E-state index >= 15 is 0 Å². The van der Waals surface area contributed by atoms with Crippen LogP contribution in [0.2, 0.25) is 0 Å². The van der Waals surface area contributed by atoms with Gasteiger partial charge in [-0.1, -0.05) is 37.3 Å². The van der Waals surface area contributed by atoms with Gasteiger partial charge in [-0.3, -0.25) is 14.4 Å². The zero-order chi connectivity index (χ0) is 46.9. The van der Waals surface area contributed by atoms with Crippen molar-refractivity contribution in [1.29, 1.82) is 0 Å². The summed E-state index contributed by atoms with van der Waals surface area (Å²) in [6.45, 7) is 17.0. The highest BCUT2D eigenvalue weighted by Gasteiger charge is 2.60. The number of anilines is 2. The Bertz CT molecular complexity index is 2260. The van der Waals surface area contributed by atoms with Gasteiger partial charge in [0.1, 0.15) is 5.82 Å². The first-order chi connectivity index (χ1) is 32.2. The fourth-order valence-electron chi connectivity index (χ4n) is 14.2. The highest BCUT2D eigenvalue weighted by molar-refractivity contribution is 6.02. The number of carbonyl (C=O) groups excluding carboxylic acids is 4. The number of likely N-dealkylation sites (tertiary alicyclic amines) is 2. The van der Waals surface area contributed by atoms with Crippen LogP contribution in [-0.2, 0) is 23.1 Å². The van der Waals surface area contributed by atoms with Crippen LogP contribution in [-0.4, -0.2) is 97.7 Å². The number of fused-ring (bicyclic) bond motifs is 3. The topological polar surface area (TPSA) is 114 Å². The summed E-state index contributed by atoms with van der Waals surface area (Å²) in [5, 5.41) is 8.95. The van der Waals surface area contributed by atoms with Gasteiger partial charge in [-0.2, -0.15) is 0 Å². The second-order valence-corrected chi connectivity index (χ2v) is 22.3. The standard InChI is InChI=1S/C30H43N3O.C26H32FN3O3.2H2/c1-28-20-32(13-9-29(28,2)33-12-8-24-6-5-7-25(28)26(24)33)11-4-3-10-31-27(34)30-17-21-14-22(18-30)16-23(15-21)19-30;1-18(31)22-14-23(19(2)32)16-25(15-22)29-26(33)28-10-4-12-30-11-3-5-21(17-30)13-20-6-8-24(27)9-7-20;;/h5-7,21-23H,3-4,8-20H2,1-2H3,(H,31,34);6-9,14-16,21H,3-5,10-13,17H2,1-2H3,(H2,28,29,33);2*1H/t21?,22?,23?,28-,29-,30?;21-;;/m10../s1. The SMILES string of the molecule is CC(=O)c1cc(NC(=O)NCCCN2CCC[C@@H](Cc3ccc(F)cc3)C2)cc(C(C)=O)c1.C[C@@]12CCN(CCCCNC(=O)C34CC5CC(CC(C5)C3)C4)C[C@]1(C)c1cccc3c1N2CC3.[HH].[HH]. The van der Waals surface area contributed by atoms with Crippen LogP contribution >= 0.6 is 0 Å². The van der Waals surface area contributed by atoms with E-state index in [9.17, 15) is 23.6 Å². The van der Waals surface area contributed by atoms with Crippen molar-refractivity contribution >= 4 is 34.9 Å². The summed E-state index contributed by atoms with van der Waals surface area (Å²) in [6.07, 6.45) is 16.6. The molecule has 0 unspecified atom stereocenters. The number of nitrogens with one attached hydrogen (secondary N) is 3. The van der Waals surface area contributed by atoms with Crippen LogP contribution < -0.4 is 20.9 Å². The number of rotatable bonds is 15. The molecule has 3 N–H and O–H groups in total. The van der Waals surface area contributed by atoms with Gasteiger partial charge in [-0.05, 0) is 201 Å². The third kappa shape index (κ3) is 10.1. The van der Waals surface area contributed by atoms with Crippen LogP contribution in [0.3, 0.4) is 0 Å². The summed E-state index contributed by atoms with van der Waals surface area (Å²) < 4.78 is 13.1. The van der Waals surface area contributed by atoms with Gasteiger partial charge in [0.15, 0.2) is 11.6 Å². The fraction of sp³-hybridized carbons (Fsp3) is 0.607. The van der Waals surface area contributed by atoms with Crippen molar-refractivity contribution in [2.75, 3.05) is 69.1 Å². The monoisotopic (exact) mass is 919 g/mol. The number of hydrogen-bond donors (Lipinski definition) is 3. The number of nitrogens with zero attached hydrogens (tertiary/aromatic N) is 3. The molecular weight excluding hydrogens is 840 g/mol. The number of urea groups is 1. The summed E-state index contributed by atoms with van der Waals surface area (Å²) in [6, 6.07) is 18.1. The number of amides is 3. The molecule has 10 nitrogen and oxygen atoms in total. The van der Waals surface area contributed by atoms with E-state index in [4.69, 9.17) is 0 Å². The first-order valence-corrected chi connectivity index (χ1v) is 25.8. The van der Waals surface area contributed by atoms with Gasteiger partial charge in [0.2, 0.25) is 5.91 Å². The van der Waals surface area contributed by atoms with Gasteiger partial charge >= 0.3 is 6.03 Å². The second-order valence-electron chi connectivity index (χ2n) is 22.3. The van der Waals surface area contributed by atoms with E-state index in [1.165, 1.54) is 115 Å². The number of hydrogen-bond acceptors (Lipinski definition) is 7. The summed E-state index contributed by atoms with van der Waals surface area (Å²) in [7, 11) is 0. The predicted molar refractivity (Wildman–Crippen MR) is 269 cm³/mol. The van der Waals surface area contributed by atoms with Crippen molar-refractivity contribution < 1.29 is 26.4 Å². The number of Topliss-reactive ketones (excluding diaryl/α,β-unsaturated/α-hetero) is 2. The molecule has 4 heterocycles. The molecule has 8 aliphatic rings. The normalized spacial score (nSPS) is 29.1. The van der Waals surface area contributed by atoms with Crippen molar-refractivity contribution in [1.82, 2.24) is 20.4 Å². The lowest BCUT2D eigenvalue weighted by molar-refractivity contribution is -0.146. The maximum absolute atomic E-state index is 13.2. The van der Waals surface area contributed by atoms with Crippen molar-refractivity contribution in [2.45, 2.75) is 129 Å². The molecule has 4 aliphatic heterocycles. The molecule has 3 atom stereocenters. The van der Waals surface area contributed by atoms with Crippen molar-refractivity contribution in [2.24, 2.45) is 29.1 Å². The Balaban J connectivity index is 0.000000198. The summed E-state index contributed by atoms with van der Waals surface area (Å²) in [5.41, 5.74) is 7.57. The Morgan fingerprint density at radius 1 is 0.776 bits per heavy atom. The number of ketones is 2. The Morgan fingerprint density at radius 2 is 1.45 bits per heavy atom. The lowest BCUT2D eigenvalue weighted by atomic mass is 9.49. The van der Waals surface area contributed by atoms with E-state index in [0.717, 1.165) is 82.7 Å². The molecule has 4 aliphatic carbocycles. The summed E-state index contributed by atoms with van der Waals surface area (Å²) in [5.74, 6) is 2.96. The highest BCUT2D eigenvalue weighted by atomic mass is 19.1. The van der Waals surface area contributed by atoms with E-state index in [0.29, 0.717) is 35.2 Å². The fourth-order valence-corrected chi connectivity index (χ4v) is 14.2. The van der Waals surface area contributed by atoms with Crippen LogP contribution in [0.15, 0.2) is 60.7 Å². The molecule has 3 amide bonds. The molecule has 11 rings (SSSR count). The minimum Gasteiger partial charge on any atom is -0.364 e. The van der Waals surface area contributed by atoms with Gasteiger partial charge in [-0.25, -0.2) is 9.18 Å². The molecule has 3 aromatic carbocycles. The molecular formula is C56H79FN6O4. The number of benzene rings is 3. The van der Waals surface area contributed by atoms with Gasteiger partial charge in [-0.15, -0.1) is 0 Å². The first kappa shape index (κ1) is 47.5. The van der Waals surface area contributed by atoms with Gasteiger partial charge in [0.05, 0.1) is 0 Å². The van der Waals surface area contributed by atoms with Crippen LogP contribution in [0.1, 0.15) is 145 Å². The molecule has 0 aromatic heterocycles. The number of carbonyl (C=O) groups is 4. The van der Waals surface area contributed by atoms with Crippen molar-refractivity contribution in [3.63, 3.8) is 0 Å². The number of piperidine rings is 2. The Morgan fingerprint density at radius 3 is 2.13 bits per heavy atom. The lowest BCUT2D eigenvalue weighted by Crippen LogP contribution is -2.63. The lowest BCUT2D eigenvalue weighted by Gasteiger charge is -2.55. The Labute approximate surface area is 401 Å². The van der Waals surface area contributed by atoms with E-state index in [1.807, 2.05) is 12.1 Å². The Kier molecular flexibility index (Phi) is 14.0. The Hall–Kier alpha value is -4.61. The summed E-state index contributed by atoms with van der Waals surface area (Å²) in [4.78, 5) is 56.8. The predicted octanol–water partition coefficient (Wildman–Crippen LogP) is 10.1. The second kappa shape index (κ2) is 19.8. The minimum atomic E-state index is -0.363. The quantitative estimate of drug-likeness (QED) is 0.103. The molecule has 4 saturated carbocycles. The largest absolute Gasteiger partial charge is 0.364 e. The molecule has 0 radical (unpaired) electrons. The number of unbranched alkanes of at least 4 members (excludes halogenated alkanes) is 1. The van der Waals surface area contributed by atoms with Gasteiger partial charge < -0.3 is 30.7 Å². The zero-order valence-electron chi connectivity index (χ0n) is 40.7. The highest BCUT2D eigenvalue weighted by Crippen LogP contribution is 2.60. The third-order valence-electron chi connectivity index (χ3n) is 17.5. The van der Waals surface area contributed by atoms with E-state index in [2.05, 4.69) is 62.7 Å². The number of halogens is 1. The van der Waals surface area contributed by atoms with Crippen LogP contribution in [0, 0.1) is 34.9 Å². The van der Waals surface area contributed by atoms with E-state index < -0.39 is 0 Å². The molecule has 67 heavy (non-hydrogen) atoms. The molecule has 3 aromatic rings. The van der Waals surface area contributed by atoms with Crippen LogP contribution in [0.4, 0.5) is 20.6 Å². The minimum absolute atomic E-state index is 0. The van der Waals surface area contributed by atoms with E-state index in [-0.39, 0.29) is 42.6 Å². The maximum atomic E-state index is 13.2. The molecule has 2 saturated heterocycles. The molecule has 4 bridgehead atoms. The maximum Gasteiger partial charge on any atom is 0.319 e. The van der Waals surface area contributed by atoms with Crippen LogP contribution in [0.25, 0.3) is 0 Å². The summed E-state index contributed by atoms with van der Waals surface area (Å²) >= 11 is 0. The van der Waals surface area contributed by atoms with Crippen LogP contribution in [0.5, 0.6) is 0 Å². The van der Waals surface area contributed by atoms with Crippen molar-refractivity contribution in [3.8, 4) is 0 Å². The van der Waals surface area contributed by atoms with Gasteiger partial charge in [0.25, 0.3) is 0 Å². The molecule has 0 spiro atoms. The average molecular weight is 919 g/mol. The smallest absolute Gasteiger partial charge is 0.319 e. The van der Waals surface area contributed by atoms with Gasteiger partial charge in [0, 0.05) is 81.0 Å². The first-order valence-electron chi connectivity index (χ1n) is 25.8. The number of para-hydroxylation sites is 1. The molecule has 364 valence electrons. The van der Waals surface area contributed by atoms with E-state index in [1.54, 1.807) is 28.9 Å². The zero-order valence-corrected chi connectivity index (χ0v) is 40.7. The van der Waals surface area contributed by atoms with Crippen molar-refractivity contribution in [3.05, 3.63) is 94.3 Å². The molecule has 6 fully saturated rings. The third-order valence-corrected chi connectivity index (χ3v) is 17.5.